The molecule has 0 unspecified atom stereocenters. The highest BCUT2D eigenvalue weighted by atomic mass is 16.1. The van der Waals surface area contributed by atoms with Crippen molar-refractivity contribution in [1.82, 2.24) is 9.78 Å². The number of ketones is 1. The van der Waals surface area contributed by atoms with Crippen LogP contribution in [0, 0.1) is 0 Å². The topological polar surface area (TPSA) is 34.9 Å². The van der Waals surface area contributed by atoms with E-state index < -0.39 is 0 Å². The van der Waals surface area contributed by atoms with Crippen LogP contribution in [0.1, 0.15) is 32.3 Å². The van der Waals surface area contributed by atoms with E-state index in [4.69, 9.17) is 0 Å². The molecular formula is C10H14N2O. The van der Waals surface area contributed by atoms with Gasteiger partial charge < -0.3 is 0 Å². The second-order valence-electron chi connectivity index (χ2n) is 3.72. The molecule has 1 aliphatic carbocycles. The van der Waals surface area contributed by atoms with Crippen molar-refractivity contribution in [2.75, 3.05) is 0 Å². The van der Waals surface area contributed by atoms with Gasteiger partial charge in [-0.2, -0.15) is 5.10 Å². The molecule has 1 aliphatic rings. The minimum atomic E-state index is -0.159. The van der Waals surface area contributed by atoms with Crippen molar-refractivity contribution < 1.29 is 4.79 Å². The van der Waals surface area contributed by atoms with Crippen LogP contribution in [-0.2, 0) is 16.8 Å². The van der Waals surface area contributed by atoms with Gasteiger partial charge in [-0.05, 0) is 26.7 Å². The second kappa shape index (κ2) is 2.69. The molecule has 1 heterocycles. The van der Waals surface area contributed by atoms with E-state index in [1.807, 2.05) is 24.0 Å². The molecular weight excluding hydrogens is 164 g/mol. The Morgan fingerprint density at radius 2 is 2.38 bits per heavy atom. The third-order valence-electron chi connectivity index (χ3n) is 2.93. The molecule has 3 heteroatoms. The second-order valence-corrected chi connectivity index (χ2v) is 3.72. The quantitative estimate of drug-likeness (QED) is 0.703. The molecule has 1 aromatic heterocycles. The first-order valence-corrected chi connectivity index (χ1v) is 4.73. The predicted molar refractivity (Wildman–Crippen MR) is 49.5 cm³/mol. The smallest absolute Gasteiger partial charge is 0.140 e. The zero-order valence-corrected chi connectivity index (χ0v) is 8.08. The number of carbonyl (C=O) groups excluding carboxylic acids is 1. The van der Waals surface area contributed by atoms with Crippen LogP contribution in [0.15, 0.2) is 12.4 Å². The maximum Gasteiger partial charge on any atom is 0.140 e. The summed E-state index contributed by atoms with van der Waals surface area (Å²) >= 11 is 0. The highest BCUT2D eigenvalue weighted by molar-refractivity contribution is 5.90. The monoisotopic (exact) mass is 178 g/mol. The lowest BCUT2D eigenvalue weighted by atomic mass is 9.95. The molecule has 0 radical (unpaired) electrons. The summed E-state index contributed by atoms with van der Waals surface area (Å²) in [5.41, 5.74) is 0.940. The lowest BCUT2D eigenvalue weighted by Gasteiger charge is -2.06. The first-order chi connectivity index (χ1) is 6.19. The number of Topliss-reactive ketones (excluding diaryl/α,β-unsaturated/α-hetero) is 1. The van der Waals surface area contributed by atoms with Gasteiger partial charge in [-0.15, -0.1) is 0 Å². The fourth-order valence-electron chi connectivity index (χ4n) is 1.75. The van der Waals surface area contributed by atoms with Crippen molar-refractivity contribution in [2.45, 2.75) is 38.6 Å². The molecule has 0 atom stereocenters. The molecule has 1 fully saturated rings. The van der Waals surface area contributed by atoms with Gasteiger partial charge in [-0.25, -0.2) is 0 Å². The Morgan fingerprint density at radius 3 is 2.77 bits per heavy atom. The van der Waals surface area contributed by atoms with Gasteiger partial charge in [0.05, 0.1) is 11.6 Å². The van der Waals surface area contributed by atoms with Crippen LogP contribution in [0.3, 0.4) is 0 Å². The average molecular weight is 178 g/mol. The standard InChI is InChI=1S/C10H14N2O/c1-3-12-7-9(6-11-12)10(4-5-10)8(2)13/h6-7H,3-5H2,1-2H3. The Balaban J connectivity index is 2.30. The summed E-state index contributed by atoms with van der Waals surface area (Å²) in [5.74, 6) is 0.281. The van der Waals surface area contributed by atoms with Gasteiger partial charge in [0.15, 0.2) is 0 Å². The van der Waals surface area contributed by atoms with E-state index in [1.165, 1.54) is 0 Å². The normalized spacial score (nSPS) is 18.6. The third kappa shape index (κ3) is 1.19. The maximum atomic E-state index is 11.4. The molecule has 0 N–H and O–H groups in total. The molecule has 0 aliphatic heterocycles. The van der Waals surface area contributed by atoms with Crippen molar-refractivity contribution >= 4 is 5.78 Å². The number of rotatable bonds is 3. The number of nitrogens with zero attached hydrogens (tertiary/aromatic N) is 2. The first kappa shape index (κ1) is 8.48. The Bertz CT molecular complexity index is 336. The number of hydrogen-bond acceptors (Lipinski definition) is 2. The van der Waals surface area contributed by atoms with Crippen LogP contribution in [0.5, 0.6) is 0 Å². The van der Waals surface area contributed by atoms with E-state index in [9.17, 15) is 4.79 Å². The predicted octanol–water partition coefficient (Wildman–Crippen LogP) is 1.52. The molecule has 0 bridgehead atoms. The molecule has 0 aromatic carbocycles. The van der Waals surface area contributed by atoms with Crippen molar-refractivity contribution in [3.8, 4) is 0 Å². The summed E-state index contributed by atoms with van der Waals surface area (Å²) in [6, 6.07) is 0. The average Bonchev–Trinajstić information content (AvgIpc) is 2.79. The van der Waals surface area contributed by atoms with Crippen LogP contribution in [-0.4, -0.2) is 15.6 Å². The summed E-state index contributed by atoms with van der Waals surface area (Å²) in [5, 5.41) is 4.19. The van der Waals surface area contributed by atoms with Crippen LogP contribution in [0.25, 0.3) is 0 Å². The van der Waals surface area contributed by atoms with Gasteiger partial charge in [0.25, 0.3) is 0 Å². The van der Waals surface area contributed by atoms with Gasteiger partial charge in [0.1, 0.15) is 5.78 Å². The molecule has 0 saturated heterocycles. The minimum Gasteiger partial charge on any atom is -0.299 e. The summed E-state index contributed by atoms with van der Waals surface area (Å²) in [6.07, 6.45) is 5.82. The fraction of sp³-hybridized carbons (Fsp3) is 0.600. The maximum absolute atomic E-state index is 11.4. The Labute approximate surface area is 77.7 Å². The number of aromatic nitrogens is 2. The van der Waals surface area contributed by atoms with Gasteiger partial charge in [0, 0.05) is 18.3 Å². The molecule has 3 nitrogen and oxygen atoms in total. The molecule has 1 saturated carbocycles. The largest absolute Gasteiger partial charge is 0.299 e. The van der Waals surface area contributed by atoms with E-state index in [1.54, 1.807) is 6.92 Å². The summed E-state index contributed by atoms with van der Waals surface area (Å²) in [7, 11) is 0. The van der Waals surface area contributed by atoms with E-state index in [2.05, 4.69) is 5.10 Å². The van der Waals surface area contributed by atoms with Crippen molar-refractivity contribution in [2.24, 2.45) is 0 Å². The Kier molecular flexibility index (Phi) is 1.75. The molecule has 70 valence electrons. The Morgan fingerprint density at radius 1 is 1.69 bits per heavy atom. The first-order valence-electron chi connectivity index (χ1n) is 4.73. The van der Waals surface area contributed by atoms with E-state index in [-0.39, 0.29) is 11.2 Å². The summed E-state index contributed by atoms with van der Waals surface area (Å²) < 4.78 is 1.87. The van der Waals surface area contributed by atoms with Crippen LogP contribution >= 0.6 is 0 Å². The fourth-order valence-corrected chi connectivity index (χ4v) is 1.75. The van der Waals surface area contributed by atoms with E-state index >= 15 is 0 Å². The molecule has 2 rings (SSSR count). The lowest BCUT2D eigenvalue weighted by Crippen LogP contribution is -2.15. The number of hydrogen-bond donors (Lipinski definition) is 0. The number of carbonyl (C=O) groups is 1. The molecule has 0 spiro atoms. The highest BCUT2D eigenvalue weighted by Gasteiger charge is 2.49. The van der Waals surface area contributed by atoms with E-state index in [0.717, 1.165) is 24.9 Å². The molecule has 13 heavy (non-hydrogen) atoms. The lowest BCUT2D eigenvalue weighted by molar-refractivity contribution is -0.119. The molecule has 1 aromatic rings. The SMILES string of the molecule is CCn1cc(C2(C(C)=O)CC2)cn1. The van der Waals surface area contributed by atoms with Crippen LogP contribution in [0.2, 0.25) is 0 Å². The summed E-state index contributed by atoms with van der Waals surface area (Å²) in [6.45, 7) is 4.59. The Hall–Kier alpha value is -1.12. The number of aryl methyl sites for hydroxylation is 1. The van der Waals surface area contributed by atoms with Crippen LogP contribution < -0.4 is 0 Å². The zero-order valence-electron chi connectivity index (χ0n) is 8.08. The van der Waals surface area contributed by atoms with Gasteiger partial charge in [-0.1, -0.05) is 0 Å². The van der Waals surface area contributed by atoms with Crippen molar-refractivity contribution in [1.29, 1.82) is 0 Å². The zero-order chi connectivity index (χ0) is 9.47. The summed E-state index contributed by atoms with van der Waals surface area (Å²) in [4.78, 5) is 11.4. The van der Waals surface area contributed by atoms with Gasteiger partial charge in [0.2, 0.25) is 0 Å². The van der Waals surface area contributed by atoms with Gasteiger partial charge in [-0.3, -0.25) is 9.48 Å². The van der Waals surface area contributed by atoms with Gasteiger partial charge >= 0.3 is 0 Å². The van der Waals surface area contributed by atoms with Crippen molar-refractivity contribution in [3.05, 3.63) is 18.0 Å². The van der Waals surface area contributed by atoms with E-state index in [0.29, 0.717) is 0 Å². The van der Waals surface area contributed by atoms with Crippen LogP contribution in [0.4, 0.5) is 0 Å². The minimum absolute atomic E-state index is 0.159. The van der Waals surface area contributed by atoms with Crippen molar-refractivity contribution in [3.63, 3.8) is 0 Å². The third-order valence-corrected chi connectivity index (χ3v) is 2.93. The molecule has 0 amide bonds. The highest BCUT2D eigenvalue weighted by Crippen LogP contribution is 2.48.